The number of rotatable bonds is 6. The Bertz CT molecular complexity index is 555. The molecule has 5 N–H and O–H groups in total. The van der Waals surface area contributed by atoms with Gasteiger partial charge in [0.25, 0.3) is 0 Å². The van der Waals surface area contributed by atoms with Crippen molar-refractivity contribution in [3.63, 3.8) is 0 Å². The van der Waals surface area contributed by atoms with E-state index in [1.165, 1.54) is 6.92 Å². The van der Waals surface area contributed by atoms with Gasteiger partial charge < -0.3 is 16.2 Å². The van der Waals surface area contributed by atoms with Crippen LogP contribution in [0.2, 0.25) is 0 Å². The Morgan fingerprint density at radius 1 is 1.08 bits per heavy atom. The number of amides is 3. The molecule has 0 saturated heterocycles. The lowest BCUT2D eigenvalue weighted by atomic mass is 9.72. The van der Waals surface area contributed by atoms with E-state index in [0.29, 0.717) is 0 Å². The number of carboxylic acids is 1. The van der Waals surface area contributed by atoms with E-state index in [1.54, 1.807) is 0 Å². The highest BCUT2D eigenvalue weighted by molar-refractivity contribution is 6.01. The third kappa shape index (κ3) is 5.26. The number of carbonyl (C=O) groups is 4. The third-order valence-corrected chi connectivity index (χ3v) is 4.97. The molecule has 0 bridgehead atoms. The molecule has 0 aromatic carbocycles. The number of carboxylic acid groups (broad SMARTS) is 1. The SMILES string of the molecule is C[C@H](NC(=O)[C@@H](N)CC(=O)O)C(=O)NC(=O)C1C(C)(C)CCC1(C)C. The monoisotopic (exact) mass is 355 g/mol. The molecule has 25 heavy (non-hydrogen) atoms. The predicted molar refractivity (Wildman–Crippen MR) is 91.3 cm³/mol. The lowest BCUT2D eigenvalue weighted by molar-refractivity contribution is -0.140. The largest absolute Gasteiger partial charge is 0.481 e. The van der Waals surface area contributed by atoms with Crippen LogP contribution >= 0.6 is 0 Å². The van der Waals surface area contributed by atoms with Crippen LogP contribution in [-0.2, 0) is 19.2 Å². The number of hydrogen-bond acceptors (Lipinski definition) is 5. The zero-order valence-corrected chi connectivity index (χ0v) is 15.5. The molecule has 142 valence electrons. The summed E-state index contributed by atoms with van der Waals surface area (Å²) in [6.07, 6.45) is 1.24. The average Bonchev–Trinajstić information content (AvgIpc) is 2.66. The Morgan fingerprint density at radius 3 is 2.00 bits per heavy atom. The van der Waals surface area contributed by atoms with Crippen molar-refractivity contribution in [2.75, 3.05) is 0 Å². The molecular weight excluding hydrogens is 326 g/mol. The number of nitrogens with one attached hydrogen (secondary N) is 2. The molecule has 1 saturated carbocycles. The minimum Gasteiger partial charge on any atom is -0.481 e. The second-order valence-corrected chi connectivity index (χ2v) is 8.20. The van der Waals surface area contributed by atoms with Crippen LogP contribution in [0.25, 0.3) is 0 Å². The molecule has 1 rings (SSSR count). The van der Waals surface area contributed by atoms with Gasteiger partial charge in [-0.3, -0.25) is 24.5 Å². The fourth-order valence-electron chi connectivity index (χ4n) is 3.67. The molecule has 0 heterocycles. The maximum atomic E-state index is 12.6. The Hall–Kier alpha value is -1.96. The number of imide groups is 1. The number of hydrogen-bond donors (Lipinski definition) is 4. The van der Waals surface area contributed by atoms with Crippen LogP contribution in [-0.4, -0.2) is 40.9 Å². The van der Waals surface area contributed by atoms with Crippen LogP contribution in [0.4, 0.5) is 0 Å². The molecule has 8 heteroatoms. The van der Waals surface area contributed by atoms with Gasteiger partial charge in [0.1, 0.15) is 6.04 Å². The van der Waals surface area contributed by atoms with E-state index >= 15 is 0 Å². The maximum absolute atomic E-state index is 12.6. The standard InChI is InChI=1S/C17H29N3O5/c1-9(19-14(24)10(18)8-11(21)22)13(23)20-15(25)12-16(2,3)6-7-17(12,4)5/h9-10,12H,6-8,18H2,1-5H3,(H,19,24)(H,21,22)(H,20,23,25)/t9-,10-/m0/s1. The highest BCUT2D eigenvalue weighted by atomic mass is 16.4. The van der Waals surface area contributed by atoms with Gasteiger partial charge in [0.2, 0.25) is 17.7 Å². The van der Waals surface area contributed by atoms with Gasteiger partial charge in [0.15, 0.2) is 0 Å². The second-order valence-electron chi connectivity index (χ2n) is 8.20. The summed E-state index contributed by atoms with van der Waals surface area (Å²) in [5.41, 5.74) is 5.01. The van der Waals surface area contributed by atoms with E-state index in [2.05, 4.69) is 10.6 Å². The first-order chi connectivity index (χ1) is 11.3. The average molecular weight is 355 g/mol. The fourth-order valence-corrected chi connectivity index (χ4v) is 3.67. The molecule has 0 radical (unpaired) electrons. The van der Waals surface area contributed by atoms with Crippen LogP contribution in [0.5, 0.6) is 0 Å². The zero-order chi connectivity index (χ0) is 19.6. The Labute approximate surface area is 147 Å². The Morgan fingerprint density at radius 2 is 1.56 bits per heavy atom. The van der Waals surface area contributed by atoms with Gasteiger partial charge in [-0.05, 0) is 30.6 Å². The normalized spacial score (nSPS) is 21.2. The van der Waals surface area contributed by atoms with Crippen molar-refractivity contribution in [2.45, 2.75) is 66.0 Å². The minimum absolute atomic E-state index is 0.218. The molecule has 0 aliphatic heterocycles. The molecule has 1 fully saturated rings. The van der Waals surface area contributed by atoms with Gasteiger partial charge in [-0.1, -0.05) is 27.7 Å². The molecule has 1 aliphatic carbocycles. The first kappa shape index (κ1) is 21.1. The molecule has 0 unspecified atom stereocenters. The molecule has 0 aromatic rings. The van der Waals surface area contributed by atoms with Crippen LogP contribution in [0.15, 0.2) is 0 Å². The van der Waals surface area contributed by atoms with Crippen molar-refractivity contribution in [1.82, 2.24) is 10.6 Å². The summed E-state index contributed by atoms with van der Waals surface area (Å²) in [4.78, 5) is 47.2. The van der Waals surface area contributed by atoms with E-state index in [1.807, 2.05) is 27.7 Å². The molecule has 3 amide bonds. The third-order valence-electron chi connectivity index (χ3n) is 4.97. The summed E-state index contributed by atoms with van der Waals surface area (Å²) in [5, 5.41) is 13.3. The first-order valence-corrected chi connectivity index (χ1v) is 8.40. The molecule has 0 aromatic heterocycles. The van der Waals surface area contributed by atoms with Gasteiger partial charge >= 0.3 is 5.97 Å². The summed E-state index contributed by atoms with van der Waals surface area (Å²) < 4.78 is 0. The second kappa shape index (κ2) is 7.51. The summed E-state index contributed by atoms with van der Waals surface area (Å²) in [6, 6.07) is -2.25. The smallest absolute Gasteiger partial charge is 0.305 e. The van der Waals surface area contributed by atoms with Crippen molar-refractivity contribution in [3.05, 3.63) is 0 Å². The van der Waals surface area contributed by atoms with E-state index < -0.39 is 36.3 Å². The minimum atomic E-state index is -1.25. The van der Waals surface area contributed by atoms with Gasteiger partial charge in [-0.2, -0.15) is 0 Å². The molecule has 0 spiro atoms. The summed E-state index contributed by atoms with van der Waals surface area (Å²) in [5.74, 6) is -3.27. The summed E-state index contributed by atoms with van der Waals surface area (Å²) >= 11 is 0. The van der Waals surface area contributed by atoms with E-state index in [4.69, 9.17) is 10.8 Å². The van der Waals surface area contributed by atoms with Gasteiger partial charge in [0, 0.05) is 5.92 Å². The molecule has 8 nitrogen and oxygen atoms in total. The molecule has 1 aliphatic rings. The zero-order valence-electron chi connectivity index (χ0n) is 15.5. The molecule has 2 atom stereocenters. The summed E-state index contributed by atoms with van der Waals surface area (Å²) in [7, 11) is 0. The van der Waals surface area contributed by atoms with E-state index in [0.717, 1.165) is 12.8 Å². The van der Waals surface area contributed by atoms with Crippen LogP contribution < -0.4 is 16.4 Å². The number of nitrogens with two attached hydrogens (primary N) is 1. The highest BCUT2D eigenvalue weighted by Gasteiger charge is 2.51. The van der Waals surface area contributed by atoms with Crippen molar-refractivity contribution >= 4 is 23.7 Å². The van der Waals surface area contributed by atoms with Crippen molar-refractivity contribution in [3.8, 4) is 0 Å². The highest BCUT2D eigenvalue weighted by Crippen LogP contribution is 2.53. The van der Waals surface area contributed by atoms with Crippen LogP contribution in [0.1, 0.15) is 53.9 Å². The lowest BCUT2D eigenvalue weighted by Gasteiger charge is -2.34. The van der Waals surface area contributed by atoms with Crippen LogP contribution in [0.3, 0.4) is 0 Å². The van der Waals surface area contributed by atoms with E-state index in [-0.39, 0.29) is 22.7 Å². The van der Waals surface area contributed by atoms with Gasteiger partial charge in [-0.25, -0.2) is 0 Å². The topological polar surface area (TPSA) is 139 Å². The Kier molecular flexibility index (Phi) is 6.33. The lowest BCUT2D eigenvalue weighted by Crippen LogP contribution is -2.53. The Balaban J connectivity index is 2.67. The molecular formula is C17H29N3O5. The predicted octanol–water partition coefficient (Wildman–Crippen LogP) is 0.398. The van der Waals surface area contributed by atoms with Crippen LogP contribution in [0, 0.1) is 16.7 Å². The van der Waals surface area contributed by atoms with Gasteiger partial charge in [0.05, 0.1) is 12.5 Å². The van der Waals surface area contributed by atoms with Gasteiger partial charge in [-0.15, -0.1) is 0 Å². The number of carbonyl (C=O) groups excluding carboxylic acids is 3. The number of aliphatic carboxylic acids is 1. The van der Waals surface area contributed by atoms with Crippen molar-refractivity contribution < 1.29 is 24.3 Å². The fraction of sp³-hybridized carbons (Fsp3) is 0.765. The summed E-state index contributed by atoms with van der Waals surface area (Å²) in [6.45, 7) is 9.44. The van der Waals surface area contributed by atoms with E-state index in [9.17, 15) is 19.2 Å². The first-order valence-electron chi connectivity index (χ1n) is 8.40. The van der Waals surface area contributed by atoms with Crippen molar-refractivity contribution in [2.24, 2.45) is 22.5 Å². The quantitative estimate of drug-likeness (QED) is 0.544. The van der Waals surface area contributed by atoms with Crippen molar-refractivity contribution in [1.29, 1.82) is 0 Å². The maximum Gasteiger partial charge on any atom is 0.305 e.